The molecule has 8 atom stereocenters. The quantitative estimate of drug-likeness (QED) is 0.341. The van der Waals surface area contributed by atoms with E-state index in [2.05, 4.69) is 36.4 Å². The van der Waals surface area contributed by atoms with Crippen LogP contribution in [0.4, 0.5) is 0 Å². The molecule has 1 aromatic carbocycles. The monoisotopic (exact) mass is 505 g/mol. The smallest absolute Gasteiger partial charge is 0.356 e. The number of carbonyl (C=O) groups excluding carboxylic acids is 2. The molecule has 7 nitrogen and oxygen atoms in total. The Labute approximate surface area is 217 Å². The Bertz CT molecular complexity index is 1260. The molecule has 37 heavy (non-hydrogen) atoms. The van der Waals surface area contributed by atoms with Crippen LogP contribution in [-0.2, 0) is 29.3 Å². The van der Waals surface area contributed by atoms with E-state index >= 15 is 0 Å². The maximum atomic E-state index is 14.2. The van der Waals surface area contributed by atoms with Crippen molar-refractivity contribution in [2.45, 2.75) is 88.6 Å². The van der Waals surface area contributed by atoms with Gasteiger partial charge >= 0.3 is 5.97 Å². The summed E-state index contributed by atoms with van der Waals surface area (Å²) in [7, 11) is 1.67. The van der Waals surface area contributed by atoms with Crippen LogP contribution in [0.5, 0.6) is 5.75 Å². The molecule has 0 amide bonds. The molecule has 6 aliphatic rings. The summed E-state index contributed by atoms with van der Waals surface area (Å²) in [6.45, 7) is 7.92. The standard InChI is InChI=1S/C30H35NO6/c1-26(2,3)36-25(33)19-16-30(37-31-19)23-20(21(32)22-24(30)35-22)29(17-8-10-18(34-5)11-9-17)15-14-28(23)13-7-6-12-27(28,29)4/h8-11,14-15,20,22-24H,6-7,12-13,16H2,1-5H3/t20-,22-,23+,24-,27+,28+,29+,30-/m0/s1. The summed E-state index contributed by atoms with van der Waals surface area (Å²) in [6, 6.07) is 8.23. The van der Waals surface area contributed by atoms with Crippen LogP contribution in [0.25, 0.3) is 0 Å². The number of oxime groups is 1. The normalized spacial score (nSPS) is 44.6. The highest BCUT2D eigenvalue weighted by molar-refractivity contribution is 6.37. The summed E-state index contributed by atoms with van der Waals surface area (Å²) in [5, 5.41) is 4.33. The molecule has 0 unspecified atom stereocenters. The average Bonchev–Trinajstić information content (AvgIpc) is 3.42. The van der Waals surface area contributed by atoms with Crippen molar-refractivity contribution in [1.82, 2.24) is 0 Å². The summed E-state index contributed by atoms with van der Waals surface area (Å²) in [4.78, 5) is 33.6. The van der Waals surface area contributed by atoms with Gasteiger partial charge in [-0.25, -0.2) is 4.79 Å². The van der Waals surface area contributed by atoms with Crippen LogP contribution in [0.3, 0.4) is 0 Å². The Balaban J connectivity index is 1.37. The minimum absolute atomic E-state index is 0.141. The Hall–Kier alpha value is -2.67. The van der Waals surface area contributed by atoms with Crippen LogP contribution in [0, 0.1) is 22.7 Å². The molecular formula is C30H35NO6. The number of ether oxygens (including phenoxy) is 3. The van der Waals surface area contributed by atoms with Gasteiger partial charge in [-0.1, -0.05) is 49.2 Å². The van der Waals surface area contributed by atoms with Gasteiger partial charge in [-0.2, -0.15) is 0 Å². The van der Waals surface area contributed by atoms with E-state index in [1.807, 2.05) is 32.9 Å². The Morgan fingerprint density at radius 2 is 1.84 bits per heavy atom. The van der Waals surface area contributed by atoms with Crippen molar-refractivity contribution in [3.63, 3.8) is 0 Å². The maximum Gasteiger partial charge on any atom is 0.356 e. The van der Waals surface area contributed by atoms with Gasteiger partial charge in [-0.3, -0.25) is 4.79 Å². The van der Waals surface area contributed by atoms with Crippen molar-refractivity contribution < 1.29 is 28.6 Å². The van der Waals surface area contributed by atoms with Crippen LogP contribution < -0.4 is 4.74 Å². The van der Waals surface area contributed by atoms with Crippen molar-refractivity contribution >= 4 is 17.5 Å². The van der Waals surface area contributed by atoms with Crippen LogP contribution in [-0.4, -0.2) is 48.0 Å². The first kappa shape index (κ1) is 23.4. The molecular weight excluding hydrogens is 470 g/mol. The first-order valence-corrected chi connectivity index (χ1v) is 13.6. The third-order valence-corrected chi connectivity index (χ3v) is 10.5. The zero-order valence-electron chi connectivity index (χ0n) is 22.2. The molecule has 1 saturated heterocycles. The lowest BCUT2D eigenvalue weighted by atomic mass is 9.51. The Morgan fingerprint density at radius 1 is 1.11 bits per heavy atom. The van der Waals surface area contributed by atoms with Crippen LogP contribution in [0.15, 0.2) is 41.6 Å². The summed E-state index contributed by atoms with van der Waals surface area (Å²) in [5.41, 5.74) is -0.960. The molecule has 3 saturated carbocycles. The zero-order chi connectivity index (χ0) is 26.0. The number of epoxide rings is 1. The third-order valence-electron chi connectivity index (χ3n) is 10.5. The number of benzene rings is 1. The highest BCUT2D eigenvalue weighted by Crippen LogP contribution is 2.82. The second-order valence-corrected chi connectivity index (χ2v) is 13.1. The predicted molar refractivity (Wildman–Crippen MR) is 135 cm³/mol. The van der Waals surface area contributed by atoms with Gasteiger partial charge in [0.2, 0.25) is 0 Å². The molecule has 1 spiro atoms. The lowest BCUT2D eigenvalue weighted by Crippen LogP contribution is -2.60. The minimum Gasteiger partial charge on any atom is -0.497 e. The molecule has 196 valence electrons. The fraction of sp³-hybridized carbons (Fsp3) is 0.633. The van der Waals surface area contributed by atoms with Gasteiger partial charge in [0.05, 0.1) is 7.11 Å². The number of Topliss-reactive ketones (excluding diaryl/α,β-unsaturated/α-hetero) is 1. The van der Waals surface area contributed by atoms with E-state index in [0.717, 1.165) is 37.0 Å². The summed E-state index contributed by atoms with van der Waals surface area (Å²) in [5.74, 6) is 0.0548. The average molecular weight is 506 g/mol. The maximum absolute atomic E-state index is 14.2. The SMILES string of the molecule is COc1ccc([C@@]23C=C[C@]4(CCCC[C@]42C)[C@H]2[C@@H]3C(=O)[C@@H]3O[C@@H]3[C@]23CC(C(=O)OC(C)(C)C)=NO3)cc1. The Morgan fingerprint density at radius 3 is 2.54 bits per heavy atom. The summed E-state index contributed by atoms with van der Waals surface area (Å²) >= 11 is 0. The van der Waals surface area contributed by atoms with E-state index in [1.54, 1.807) is 7.11 Å². The fourth-order valence-electron chi connectivity index (χ4n) is 9.19. The molecule has 4 aliphatic carbocycles. The number of hydrogen-bond donors (Lipinski definition) is 0. The molecule has 4 fully saturated rings. The Kier molecular flexibility index (Phi) is 4.46. The predicted octanol–water partition coefficient (Wildman–Crippen LogP) is 4.52. The van der Waals surface area contributed by atoms with Gasteiger partial charge in [0.25, 0.3) is 0 Å². The van der Waals surface area contributed by atoms with Gasteiger partial charge in [0.1, 0.15) is 23.6 Å². The number of fused-ring (bicyclic) bond motifs is 5. The summed E-state index contributed by atoms with van der Waals surface area (Å²) in [6.07, 6.45) is 8.37. The van der Waals surface area contributed by atoms with Crippen molar-refractivity contribution in [2.75, 3.05) is 7.11 Å². The molecule has 0 aromatic heterocycles. The number of ketones is 1. The van der Waals surface area contributed by atoms with Crippen LogP contribution in [0.1, 0.15) is 65.4 Å². The molecule has 7 heteroatoms. The number of rotatable bonds is 3. The molecule has 2 heterocycles. The lowest BCUT2D eigenvalue weighted by Gasteiger charge is -2.52. The van der Waals surface area contributed by atoms with Gasteiger partial charge in [0, 0.05) is 29.1 Å². The second-order valence-electron chi connectivity index (χ2n) is 13.1. The fourth-order valence-corrected chi connectivity index (χ4v) is 9.19. The van der Waals surface area contributed by atoms with Gasteiger partial charge in [0.15, 0.2) is 17.1 Å². The van der Waals surface area contributed by atoms with Crippen molar-refractivity contribution in [1.29, 1.82) is 0 Å². The first-order chi connectivity index (χ1) is 17.5. The second kappa shape index (κ2) is 7.04. The van der Waals surface area contributed by atoms with Crippen molar-refractivity contribution in [2.24, 2.45) is 27.8 Å². The van der Waals surface area contributed by atoms with E-state index in [4.69, 9.17) is 19.0 Å². The van der Waals surface area contributed by atoms with E-state index in [1.165, 1.54) is 0 Å². The third kappa shape index (κ3) is 2.64. The number of methoxy groups -OCH3 is 1. The number of esters is 1. The largest absolute Gasteiger partial charge is 0.497 e. The van der Waals surface area contributed by atoms with Gasteiger partial charge in [-0.05, 0) is 56.7 Å². The van der Waals surface area contributed by atoms with Crippen molar-refractivity contribution in [3.05, 3.63) is 42.0 Å². The number of nitrogens with zero attached hydrogens (tertiary/aromatic N) is 1. The molecule has 0 radical (unpaired) electrons. The molecule has 2 aliphatic heterocycles. The van der Waals surface area contributed by atoms with Gasteiger partial charge < -0.3 is 19.0 Å². The van der Waals surface area contributed by atoms with E-state index in [0.29, 0.717) is 6.42 Å². The van der Waals surface area contributed by atoms with Crippen LogP contribution >= 0.6 is 0 Å². The summed E-state index contributed by atoms with van der Waals surface area (Å²) < 4.78 is 17.2. The van der Waals surface area contributed by atoms with E-state index in [9.17, 15) is 9.59 Å². The number of hydrogen-bond acceptors (Lipinski definition) is 7. The highest BCUT2D eigenvalue weighted by Gasteiger charge is 2.87. The van der Waals surface area contributed by atoms with E-state index in [-0.39, 0.29) is 40.3 Å². The highest BCUT2D eigenvalue weighted by atomic mass is 16.7. The molecule has 2 bridgehead atoms. The molecule has 7 rings (SSSR count). The topological polar surface area (TPSA) is 86.7 Å². The lowest BCUT2D eigenvalue weighted by molar-refractivity contribution is -0.152. The van der Waals surface area contributed by atoms with Gasteiger partial charge in [-0.15, -0.1) is 0 Å². The van der Waals surface area contributed by atoms with E-state index < -0.39 is 28.7 Å². The van der Waals surface area contributed by atoms with Crippen molar-refractivity contribution in [3.8, 4) is 5.75 Å². The zero-order valence-corrected chi connectivity index (χ0v) is 22.2. The minimum atomic E-state index is -0.854. The first-order valence-electron chi connectivity index (χ1n) is 13.6. The number of carbonyl (C=O) groups is 2. The molecule has 0 N–H and O–H groups in total. The van der Waals surface area contributed by atoms with Crippen LogP contribution in [0.2, 0.25) is 0 Å². The molecule has 1 aromatic rings. The number of allylic oxidation sites excluding steroid dienone is 2.